The zero-order chi connectivity index (χ0) is 16.3. The van der Waals surface area contributed by atoms with Crippen LogP contribution in [0.5, 0.6) is 5.75 Å². The third-order valence-electron chi connectivity index (χ3n) is 3.54. The van der Waals surface area contributed by atoms with Gasteiger partial charge in [0.1, 0.15) is 5.75 Å². The van der Waals surface area contributed by atoms with Gasteiger partial charge in [-0.15, -0.1) is 0 Å². The van der Waals surface area contributed by atoms with Crippen molar-refractivity contribution in [3.63, 3.8) is 0 Å². The Morgan fingerprint density at radius 2 is 2.26 bits per heavy atom. The summed E-state index contributed by atoms with van der Waals surface area (Å²) in [4.78, 5) is 0. The summed E-state index contributed by atoms with van der Waals surface area (Å²) in [6.45, 7) is 4.49. The number of hydrazone groups is 1. The van der Waals surface area contributed by atoms with Crippen LogP contribution in [0, 0.1) is 0 Å². The molecule has 0 saturated carbocycles. The fraction of sp³-hybridized carbons (Fsp3) is 0.529. The van der Waals surface area contributed by atoms with Crippen LogP contribution in [0.15, 0.2) is 29.4 Å². The highest BCUT2D eigenvalue weighted by molar-refractivity contribution is 7.80. The maximum absolute atomic E-state index is 5.62. The lowest BCUT2D eigenvalue weighted by molar-refractivity contribution is 0.114. The number of nitrogens with zero attached hydrogens (tertiary/aromatic N) is 1. The van der Waals surface area contributed by atoms with Crippen LogP contribution in [0.2, 0.25) is 0 Å². The maximum atomic E-state index is 5.62. The zero-order valence-corrected chi connectivity index (χ0v) is 14.4. The molecule has 0 bridgehead atoms. The number of nitrogens with one attached hydrogen (secondary N) is 2. The number of hydrogen-bond donors (Lipinski definition) is 2. The maximum Gasteiger partial charge on any atom is 0.187 e. The van der Waals surface area contributed by atoms with Crippen LogP contribution in [-0.2, 0) is 4.74 Å². The van der Waals surface area contributed by atoms with Crippen LogP contribution in [0.1, 0.15) is 38.2 Å². The summed E-state index contributed by atoms with van der Waals surface area (Å²) in [5, 5.41) is 7.75. The van der Waals surface area contributed by atoms with Gasteiger partial charge in [0.05, 0.1) is 18.9 Å². The molecule has 1 aliphatic rings. The van der Waals surface area contributed by atoms with Gasteiger partial charge in [-0.3, -0.25) is 5.43 Å². The van der Waals surface area contributed by atoms with E-state index in [1.165, 1.54) is 0 Å². The average Bonchev–Trinajstić information content (AvgIpc) is 3.08. The molecule has 1 fully saturated rings. The van der Waals surface area contributed by atoms with Gasteiger partial charge in [-0.1, -0.05) is 13.3 Å². The minimum atomic E-state index is 0.263. The van der Waals surface area contributed by atoms with Crippen molar-refractivity contribution in [3.05, 3.63) is 29.8 Å². The molecule has 1 aromatic rings. The molecule has 2 N–H and O–H groups in total. The molecule has 0 radical (unpaired) electrons. The molecule has 0 unspecified atom stereocenters. The summed E-state index contributed by atoms with van der Waals surface area (Å²) in [7, 11) is 0. The van der Waals surface area contributed by atoms with Crippen LogP contribution >= 0.6 is 12.2 Å². The molecule has 6 heteroatoms. The molecule has 0 aliphatic carbocycles. The van der Waals surface area contributed by atoms with Gasteiger partial charge in [-0.05, 0) is 61.3 Å². The van der Waals surface area contributed by atoms with Gasteiger partial charge in [0.25, 0.3) is 0 Å². The van der Waals surface area contributed by atoms with Crippen LogP contribution < -0.4 is 15.5 Å². The third-order valence-corrected chi connectivity index (χ3v) is 3.78. The monoisotopic (exact) mass is 335 g/mol. The van der Waals surface area contributed by atoms with E-state index in [9.17, 15) is 0 Å². The fourth-order valence-corrected chi connectivity index (χ4v) is 2.34. The zero-order valence-electron chi connectivity index (χ0n) is 13.6. The molecule has 1 heterocycles. The van der Waals surface area contributed by atoms with Crippen molar-refractivity contribution in [2.75, 3.05) is 19.8 Å². The number of benzene rings is 1. The Kier molecular flexibility index (Phi) is 7.83. The average molecular weight is 335 g/mol. The molecule has 1 atom stereocenters. The highest BCUT2D eigenvalue weighted by Gasteiger charge is 2.14. The first-order valence-corrected chi connectivity index (χ1v) is 8.60. The van der Waals surface area contributed by atoms with Crippen LogP contribution in [-0.4, -0.2) is 37.2 Å². The lowest BCUT2D eigenvalue weighted by Gasteiger charge is -2.11. The number of thiocarbonyl (C=S) groups is 1. The number of hydrogen-bond acceptors (Lipinski definition) is 4. The van der Waals surface area contributed by atoms with Gasteiger partial charge in [0.2, 0.25) is 0 Å². The standard InChI is InChI=1S/C17H25N3O2S/c1-2-3-10-21-15-8-6-14(7-9-15)12-19-20-17(23)18-13-16-5-4-11-22-16/h6-9,12,16H,2-5,10-11,13H2,1H3,(H2,18,20,23)/b19-12-/t16-/m1/s1. The summed E-state index contributed by atoms with van der Waals surface area (Å²) in [5.41, 5.74) is 3.80. The van der Waals surface area contributed by atoms with Crippen molar-refractivity contribution in [1.29, 1.82) is 0 Å². The van der Waals surface area contributed by atoms with Crippen molar-refractivity contribution in [3.8, 4) is 5.75 Å². The molecular weight excluding hydrogens is 310 g/mol. The Labute approximate surface area is 143 Å². The predicted molar refractivity (Wildman–Crippen MR) is 97.1 cm³/mol. The molecule has 0 amide bonds. The number of ether oxygens (including phenoxy) is 2. The summed E-state index contributed by atoms with van der Waals surface area (Å²) in [5.74, 6) is 0.886. The summed E-state index contributed by atoms with van der Waals surface area (Å²) < 4.78 is 11.1. The van der Waals surface area contributed by atoms with E-state index in [1.54, 1.807) is 6.21 Å². The van der Waals surface area contributed by atoms with E-state index in [0.717, 1.165) is 56.8 Å². The Hall–Kier alpha value is -1.66. The first-order valence-electron chi connectivity index (χ1n) is 8.19. The Balaban J connectivity index is 1.66. The molecule has 2 rings (SSSR count). The molecule has 5 nitrogen and oxygen atoms in total. The largest absolute Gasteiger partial charge is 0.494 e. The molecule has 0 aromatic heterocycles. The second kappa shape index (κ2) is 10.2. The highest BCUT2D eigenvalue weighted by atomic mass is 32.1. The van der Waals surface area contributed by atoms with Gasteiger partial charge < -0.3 is 14.8 Å². The lowest BCUT2D eigenvalue weighted by atomic mass is 10.2. The molecule has 1 saturated heterocycles. The highest BCUT2D eigenvalue weighted by Crippen LogP contribution is 2.12. The topological polar surface area (TPSA) is 54.9 Å². The molecule has 0 spiro atoms. The lowest BCUT2D eigenvalue weighted by Crippen LogP contribution is -2.37. The van der Waals surface area contributed by atoms with E-state index in [-0.39, 0.29) is 6.10 Å². The van der Waals surface area contributed by atoms with E-state index >= 15 is 0 Å². The van der Waals surface area contributed by atoms with Crippen LogP contribution in [0.4, 0.5) is 0 Å². The normalized spacial score (nSPS) is 17.3. The SMILES string of the molecule is CCCCOc1ccc(/C=N\NC(=S)NC[C@H]2CCCO2)cc1. The van der Waals surface area contributed by atoms with Gasteiger partial charge in [0.15, 0.2) is 5.11 Å². The van der Waals surface area contributed by atoms with Crippen molar-refractivity contribution in [2.45, 2.75) is 38.7 Å². The smallest absolute Gasteiger partial charge is 0.187 e. The van der Waals surface area contributed by atoms with E-state index in [2.05, 4.69) is 22.8 Å². The summed E-state index contributed by atoms with van der Waals surface area (Å²) in [6, 6.07) is 7.83. The number of unbranched alkanes of at least 4 members (excludes halogenated alkanes) is 1. The van der Waals surface area contributed by atoms with Crippen molar-refractivity contribution < 1.29 is 9.47 Å². The quantitative estimate of drug-likeness (QED) is 0.331. The Morgan fingerprint density at radius 3 is 2.96 bits per heavy atom. The molecule has 23 heavy (non-hydrogen) atoms. The second-order valence-electron chi connectivity index (χ2n) is 5.49. The Bertz CT molecular complexity index is 499. The fourth-order valence-electron chi connectivity index (χ4n) is 2.20. The number of rotatable bonds is 8. The van der Waals surface area contributed by atoms with E-state index in [1.807, 2.05) is 24.3 Å². The van der Waals surface area contributed by atoms with Crippen molar-refractivity contribution >= 4 is 23.5 Å². The molecule has 1 aliphatic heterocycles. The van der Waals surface area contributed by atoms with Gasteiger partial charge >= 0.3 is 0 Å². The molecule has 1 aromatic carbocycles. The van der Waals surface area contributed by atoms with E-state index < -0.39 is 0 Å². The van der Waals surface area contributed by atoms with E-state index in [4.69, 9.17) is 21.7 Å². The second-order valence-corrected chi connectivity index (χ2v) is 5.89. The minimum Gasteiger partial charge on any atom is -0.494 e. The van der Waals surface area contributed by atoms with Gasteiger partial charge in [-0.2, -0.15) is 5.10 Å². The van der Waals surface area contributed by atoms with Gasteiger partial charge in [0, 0.05) is 13.2 Å². The van der Waals surface area contributed by atoms with Crippen LogP contribution in [0.3, 0.4) is 0 Å². The van der Waals surface area contributed by atoms with Crippen molar-refractivity contribution in [2.24, 2.45) is 5.10 Å². The third kappa shape index (κ3) is 6.97. The first-order chi connectivity index (χ1) is 11.3. The minimum absolute atomic E-state index is 0.263. The summed E-state index contributed by atoms with van der Waals surface area (Å²) in [6.07, 6.45) is 6.42. The van der Waals surface area contributed by atoms with Crippen molar-refractivity contribution in [1.82, 2.24) is 10.7 Å². The van der Waals surface area contributed by atoms with E-state index in [0.29, 0.717) is 5.11 Å². The van der Waals surface area contributed by atoms with Crippen LogP contribution in [0.25, 0.3) is 0 Å². The Morgan fingerprint density at radius 1 is 1.43 bits per heavy atom. The molecular formula is C17H25N3O2S. The molecule has 126 valence electrons. The summed E-state index contributed by atoms with van der Waals surface area (Å²) >= 11 is 5.17. The predicted octanol–water partition coefficient (Wildman–Crippen LogP) is 2.84. The first kappa shape index (κ1) is 17.7. The van der Waals surface area contributed by atoms with Gasteiger partial charge in [-0.25, -0.2) is 0 Å².